The molecule has 0 saturated carbocycles. The highest BCUT2D eigenvalue weighted by Gasteiger charge is 2.25. The Balaban J connectivity index is 1.67. The average molecular weight is 313 g/mol. The number of fused-ring (bicyclic) bond motifs is 1. The average Bonchev–Trinajstić information content (AvgIpc) is 2.95. The number of nitrogens with one attached hydrogen (secondary N) is 1. The molecule has 0 spiro atoms. The van der Waals surface area contributed by atoms with E-state index in [4.69, 9.17) is 4.74 Å². The van der Waals surface area contributed by atoms with Crippen molar-refractivity contribution in [3.05, 3.63) is 29.6 Å². The summed E-state index contributed by atoms with van der Waals surface area (Å²) in [7, 11) is 0. The van der Waals surface area contributed by atoms with Crippen molar-refractivity contribution < 1.29 is 4.74 Å². The van der Waals surface area contributed by atoms with Crippen LogP contribution in [0.3, 0.4) is 0 Å². The number of nitrogens with zero attached hydrogens (tertiary/aromatic N) is 2. The minimum Gasteiger partial charge on any atom is -0.381 e. The highest BCUT2D eigenvalue weighted by Crippen LogP contribution is 2.34. The number of hydrogen-bond acceptors (Lipinski definition) is 3. The summed E-state index contributed by atoms with van der Waals surface area (Å²) in [5, 5.41) is 1.31. The van der Waals surface area contributed by atoms with Crippen LogP contribution in [-0.2, 0) is 11.3 Å². The molecule has 4 rings (SSSR count). The third kappa shape index (κ3) is 3.15. The van der Waals surface area contributed by atoms with Gasteiger partial charge in [-0.3, -0.25) is 4.90 Å². The lowest BCUT2D eigenvalue weighted by Crippen LogP contribution is -2.34. The van der Waals surface area contributed by atoms with Crippen LogP contribution in [0.5, 0.6) is 0 Å². The molecular weight excluding hydrogens is 286 g/mol. The number of hydrogen-bond donors (Lipinski definition) is 1. The summed E-state index contributed by atoms with van der Waals surface area (Å²) in [6.07, 6.45) is 6.83. The number of aromatic amines is 1. The quantitative estimate of drug-likeness (QED) is 0.939. The van der Waals surface area contributed by atoms with Crippen LogP contribution >= 0.6 is 0 Å². The maximum atomic E-state index is 5.56. The smallest absolute Gasteiger partial charge is 0.137 e. The van der Waals surface area contributed by atoms with Gasteiger partial charge in [0.05, 0.1) is 0 Å². The summed E-state index contributed by atoms with van der Waals surface area (Å²) < 4.78 is 5.56. The van der Waals surface area contributed by atoms with Gasteiger partial charge in [0, 0.05) is 49.5 Å². The minimum absolute atomic E-state index is 0.593. The van der Waals surface area contributed by atoms with E-state index >= 15 is 0 Å². The molecule has 23 heavy (non-hydrogen) atoms. The first-order chi connectivity index (χ1) is 11.3. The molecule has 0 amide bonds. The first kappa shape index (κ1) is 15.2. The van der Waals surface area contributed by atoms with Crippen molar-refractivity contribution in [1.82, 2.24) is 14.9 Å². The molecule has 2 aliphatic heterocycles. The summed E-state index contributed by atoms with van der Waals surface area (Å²) in [6, 6.07) is 4.29. The van der Waals surface area contributed by atoms with Crippen molar-refractivity contribution >= 4 is 11.0 Å². The number of ether oxygens (including phenoxy) is 1. The van der Waals surface area contributed by atoms with Gasteiger partial charge in [0.25, 0.3) is 0 Å². The maximum absolute atomic E-state index is 5.56. The third-order valence-corrected chi connectivity index (χ3v) is 5.46. The fourth-order valence-electron chi connectivity index (χ4n) is 4.26. The molecular formula is C19H27N3O. The monoisotopic (exact) mass is 313 g/mol. The van der Waals surface area contributed by atoms with E-state index in [1.807, 2.05) is 6.20 Å². The lowest BCUT2D eigenvalue weighted by molar-refractivity contribution is 0.0841. The van der Waals surface area contributed by atoms with Gasteiger partial charge >= 0.3 is 0 Å². The van der Waals surface area contributed by atoms with Crippen LogP contribution in [0.2, 0.25) is 0 Å². The van der Waals surface area contributed by atoms with E-state index in [0.717, 1.165) is 44.2 Å². The van der Waals surface area contributed by atoms with Crippen molar-refractivity contribution in [2.75, 3.05) is 26.3 Å². The van der Waals surface area contributed by atoms with Gasteiger partial charge in [0.2, 0.25) is 0 Å². The van der Waals surface area contributed by atoms with E-state index in [9.17, 15) is 0 Å². The van der Waals surface area contributed by atoms with Gasteiger partial charge in [-0.05, 0) is 55.8 Å². The number of likely N-dealkylation sites (tertiary alicyclic amines) is 1. The third-order valence-electron chi connectivity index (χ3n) is 5.46. The van der Waals surface area contributed by atoms with Gasteiger partial charge in [0.1, 0.15) is 5.65 Å². The number of aromatic nitrogens is 2. The molecule has 1 N–H and O–H groups in total. The summed E-state index contributed by atoms with van der Waals surface area (Å²) in [6.45, 7) is 7.65. The zero-order chi connectivity index (χ0) is 15.6. The second-order valence-electron chi connectivity index (χ2n) is 7.29. The van der Waals surface area contributed by atoms with Crippen LogP contribution < -0.4 is 0 Å². The molecule has 0 unspecified atom stereocenters. The lowest BCUT2D eigenvalue weighted by Gasteiger charge is -2.31. The minimum atomic E-state index is 0.593. The predicted molar refractivity (Wildman–Crippen MR) is 92.6 cm³/mol. The molecule has 2 aromatic heterocycles. The highest BCUT2D eigenvalue weighted by atomic mass is 16.5. The number of piperidine rings is 1. The second kappa shape index (κ2) is 6.62. The molecule has 4 nitrogen and oxygen atoms in total. The van der Waals surface area contributed by atoms with Crippen LogP contribution in [0.1, 0.15) is 49.8 Å². The molecule has 0 radical (unpaired) electrons. The van der Waals surface area contributed by atoms with Crippen LogP contribution in [0.15, 0.2) is 18.3 Å². The van der Waals surface area contributed by atoms with E-state index < -0.39 is 0 Å². The molecule has 4 heteroatoms. The molecule has 4 heterocycles. The van der Waals surface area contributed by atoms with Crippen molar-refractivity contribution in [1.29, 1.82) is 0 Å². The molecule has 124 valence electrons. The zero-order valence-corrected chi connectivity index (χ0v) is 14.1. The van der Waals surface area contributed by atoms with Crippen molar-refractivity contribution in [2.24, 2.45) is 5.92 Å². The number of H-pyrrole nitrogens is 1. The predicted octanol–water partition coefficient (Wildman–Crippen LogP) is 3.69. The molecule has 1 atom stereocenters. The van der Waals surface area contributed by atoms with Crippen molar-refractivity contribution in [3.63, 3.8) is 0 Å². The first-order valence-electron chi connectivity index (χ1n) is 9.07. The number of rotatable bonds is 3. The van der Waals surface area contributed by atoms with Crippen LogP contribution in [0.25, 0.3) is 11.0 Å². The Morgan fingerprint density at radius 3 is 3.00 bits per heavy atom. The van der Waals surface area contributed by atoms with Gasteiger partial charge in [0.15, 0.2) is 0 Å². The highest BCUT2D eigenvalue weighted by molar-refractivity contribution is 5.81. The van der Waals surface area contributed by atoms with Gasteiger partial charge in [-0.1, -0.05) is 6.92 Å². The molecule has 0 bridgehead atoms. The second-order valence-corrected chi connectivity index (χ2v) is 7.29. The first-order valence-corrected chi connectivity index (χ1v) is 9.07. The Morgan fingerprint density at radius 1 is 1.30 bits per heavy atom. The van der Waals surface area contributed by atoms with E-state index in [0.29, 0.717) is 5.92 Å². The fraction of sp³-hybridized carbons (Fsp3) is 0.632. The summed E-state index contributed by atoms with van der Waals surface area (Å²) in [5.41, 5.74) is 3.95. The Hall–Kier alpha value is -1.39. The number of pyridine rings is 1. The Morgan fingerprint density at radius 2 is 2.17 bits per heavy atom. The molecule has 2 saturated heterocycles. The van der Waals surface area contributed by atoms with Crippen LogP contribution in [0, 0.1) is 5.92 Å². The van der Waals surface area contributed by atoms with E-state index in [2.05, 4.69) is 33.9 Å². The molecule has 0 aliphatic carbocycles. The van der Waals surface area contributed by atoms with E-state index in [-0.39, 0.29) is 0 Å². The standard InChI is InChI=1S/C19H27N3O/c1-14-4-3-9-22(12-14)13-17-16-5-2-8-20-19(16)21-18(17)15-6-10-23-11-7-15/h2,5,8,14-15H,3-4,6-7,9-13H2,1H3,(H,20,21)/t14-/m0/s1. The van der Waals surface area contributed by atoms with Gasteiger partial charge < -0.3 is 9.72 Å². The molecule has 2 aromatic rings. The van der Waals surface area contributed by atoms with Gasteiger partial charge in [-0.15, -0.1) is 0 Å². The summed E-state index contributed by atoms with van der Waals surface area (Å²) >= 11 is 0. The Kier molecular flexibility index (Phi) is 4.36. The summed E-state index contributed by atoms with van der Waals surface area (Å²) in [5.74, 6) is 1.41. The van der Waals surface area contributed by atoms with Gasteiger partial charge in [-0.25, -0.2) is 4.98 Å². The molecule has 2 aliphatic rings. The summed E-state index contributed by atoms with van der Waals surface area (Å²) in [4.78, 5) is 10.8. The van der Waals surface area contributed by atoms with Crippen molar-refractivity contribution in [3.8, 4) is 0 Å². The van der Waals surface area contributed by atoms with Crippen LogP contribution in [-0.4, -0.2) is 41.2 Å². The van der Waals surface area contributed by atoms with Crippen molar-refractivity contribution in [2.45, 2.75) is 45.1 Å². The van der Waals surface area contributed by atoms with Crippen LogP contribution in [0.4, 0.5) is 0 Å². The Labute approximate surface area is 138 Å². The zero-order valence-electron chi connectivity index (χ0n) is 14.1. The topological polar surface area (TPSA) is 41.1 Å². The van der Waals surface area contributed by atoms with Gasteiger partial charge in [-0.2, -0.15) is 0 Å². The van der Waals surface area contributed by atoms with E-state index in [1.54, 1.807) is 0 Å². The van der Waals surface area contributed by atoms with E-state index in [1.165, 1.54) is 42.6 Å². The fourth-order valence-corrected chi connectivity index (χ4v) is 4.26. The molecule has 2 fully saturated rings. The SMILES string of the molecule is C[C@H]1CCCN(Cc2c(C3CCOCC3)[nH]c3ncccc23)C1. The normalized spacial score (nSPS) is 24.3. The largest absolute Gasteiger partial charge is 0.381 e. The maximum Gasteiger partial charge on any atom is 0.137 e. The Bertz CT molecular complexity index is 660. The molecule has 0 aromatic carbocycles. The lowest BCUT2D eigenvalue weighted by atomic mass is 9.92.